The quantitative estimate of drug-likeness (QED) is 0.506. The molecule has 1 N–H and O–H groups in total. The second kappa shape index (κ2) is 1.44. The Morgan fingerprint density at radius 1 is 1.89 bits per heavy atom. The van der Waals surface area contributed by atoms with Crippen LogP contribution in [0.3, 0.4) is 0 Å². The van der Waals surface area contributed by atoms with E-state index in [1.54, 1.807) is 4.90 Å². The van der Waals surface area contributed by atoms with E-state index in [0.29, 0.717) is 6.42 Å². The van der Waals surface area contributed by atoms with E-state index in [4.69, 9.17) is 5.11 Å². The molecule has 9 heavy (non-hydrogen) atoms. The van der Waals surface area contributed by atoms with Crippen LogP contribution < -0.4 is 0 Å². The van der Waals surface area contributed by atoms with Crippen LogP contribution in [0.25, 0.3) is 0 Å². The predicted octanol–water partition coefficient (Wildman–Crippen LogP) is 0.648. The van der Waals surface area contributed by atoms with Gasteiger partial charge in [-0.2, -0.15) is 0 Å². The Morgan fingerprint density at radius 2 is 2.67 bits per heavy atom. The lowest BCUT2D eigenvalue weighted by Crippen LogP contribution is -2.44. The molecule has 0 unspecified atom stereocenters. The zero-order valence-corrected chi connectivity index (χ0v) is 5.39. The molecule has 1 atom stereocenters. The number of carbonyl (C=O) groups excluding carboxylic acids is 1. The molecule has 0 aliphatic carbocycles. The Hall–Kier alpha value is -0.640. The lowest BCUT2D eigenvalue weighted by atomic mass is 10.2. The fraction of sp³-hybridized carbons (Fsp3) is 0.400. The summed E-state index contributed by atoms with van der Waals surface area (Å²) in [7, 11) is 0. The maximum atomic E-state index is 10.6. The fourth-order valence-electron chi connectivity index (χ4n) is 0.944. The highest BCUT2D eigenvalue weighted by Crippen LogP contribution is 2.39. The van der Waals surface area contributed by atoms with Crippen LogP contribution >= 0.6 is 11.8 Å². The van der Waals surface area contributed by atoms with E-state index >= 15 is 0 Å². The van der Waals surface area contributed by atoms with Gasteiger partial charge >= 0.3 is 0 Å². The van der Waals surface area contributed by atoms with Crippen molar-refractivity contribution >= 4 is 17.7 Å². The topological polar surface area (TPSA) is 40.5 Å². The zero-order chi connectivity index (χ0) is 6.43. The summed E-state index contributed by atoms with van der Waals surface area (Å²) in [6.45, 7) is 0. The first kappa shape index (κ1) is 5.17. The van der Waals surface area contributed by atoms with Gasteiger partial charge in [-0.25, -0.2) is 0 Å². The van der Waals surface area contributed by atoms with Crippen molar-refractivity contribution in [2.24, 2.45) is 0 Å². The van der Waals surface area contributed by atoms with Crippen molar-refractivity contribution in [1.82, 2.24) is 4.90 Å². The Kier molecular flexibility index (Phi) is 0.829. The second-order valence-electron chi connectivity index (χ2n) is 2.04. The molecule has 2 heterocycles. The van der Waals surface area contributed by atoms with Crippen LogP contribution in [-0.2, 0) is 4.79 Å². The van der Waals surface area contributed by atoms with Gasteiger partial charge in [-0.15, -0.1) is 0 Å². The SMILES string of the molecule is O=C1C[C@H]2SC(O)=CN12. The summed E-state index contributed by atoms with van der Waals surface area (Å²) in [6, 6.07) is 0. The number of hydrogen-bond acceptors (Lipinski definition) is 3. The van der Waals surface area contributed by atoms with Gasteiger partial charge in [0, 0.05) is 0 Å². The van der Waals surface area contributed by atoms with E-state index in [2.05, 4.69) is 0 Å². The van der Waals surface area contributed by atoms with Crippen molar-refractivity contribution in [2.45, 2.75) is 11.8 Å². The van der Waals surface area contributed by atoms with Gasteiger partial charge in [0.15, 0.2) is 5.09 Å². The minimum absolute atomic E-state index is 0.108. The van der Waals surface area contributed by atoms with E-state index in [9.17, 15) is 4.79 Å². The second-order valence-corrected chi connectivity index (χ2v) is 3.24. The van der Waals surface area contributed by atoms with Gasteiger partial charge in [0.1, 0.15) is 0 Å². The summed E-state index contributed by atoms with van der Waals surface area (Å²) in [5.74, 6) is 0.108. The lowest BCUT2D eigenvalue weighted by Gasteiger charge is -2.31. The van der Waals surface area contributed by atoms with Crippen LogP contribution in [0.15, 0.2) is 11.3 Å². The molecular weight excluding hydrogens is 138 g/mol. The van der Waals surface area contributed by atoms with E-state index in [1.165, 1.54) is 18.0 Å². The summed E-state index contributed by atoms with van der Waals surface area (Å²) in [5, 5.41) is 9.32. The number of nitrogens with zero attached hydrogens (tertiary/aromatic N) is 1. The fourth-order valence-corrected chi connectivity index (χ4v) is 1.91. The van der Waals surface area contributed by atoms with Crippen LogP contribution in [0.1, 0.15) is 6.42 Å². The van der Waals surface area contributed by atoms with Gasteiger partial charge in [0.05, 0.1) is 18.0 Å². The molecule has 2 rings (SSSR count). The first-order valence-corrected chi connectivity index (χ1v) is 3.54. The van der Waals surface area contributed by atoms with E-state index in [-0.39, 0.29) is 16.4 Å². The molecule has 0 aromatic carbocycles. The van der Waals surface area contributed by atoms with Crippen LogP contribution in [-0.4, -0.2) is 21.3 Å². The Balaban J connectivity index is 2.21. The zero-order valence-electron chi connectivity index (χ0n) is 4.57. The molecule has 48 valence electrons. The minimum Gasteiger partial charge on any atom is -0.501 e. The third-order valence-electron chi connectivity index (χ3n) is 1.45. The smallest absolute Gasteiger partial charge is 0.230 e. The van der Waals surface area contributed by atoms with Crippen LogP contribution in [0.4, 0.5) is 0 Å². The summed E-state index contributed by atoms with van der Waals surface area (Å²) in [5.41, 5.74) is 0. The summed E-state index contributed by atoms with van der Waals surface area (Å²) < 4.78 is 0. The number of carbonyl (C=O) groups is 1. The third-order valence-corrected chi connectivity index (χ3v) is 2.47. The average Bonchev–Trinajstić information content (AvgIpc) is 2.08. The summed E-state index contributed by atoms with van der Waals surface area (Å²) in [4.78, 5) is 12.2. The van der Waals surface area contributed by atoms with Crippen LogP contribution in [0, 0.1) is 0 Å². The van der Waals surface area contributed by atoms with Gasteiger partial charge in [-0.3, -0.25) is 4.79 Å². The number of aliphatic hydroxyl groups excluding tert-OH is 1. The number of hydrogen-bond donors (Lipinski definition) is 1. The van der Waals surface area contributed by atoms with Crippen LogP contribution in [0.5, 0.6) is 0 Å². The van der Waals surface area contributed by atoms with Gasteiger partial charge in [0.25, 0.3) is 0 Å². The normalized spacial score (nSPS) is 31.6. The Labute approximate surface area is 56.3 Å². The minimum atomic E-state index is 0.108. The molecule has 0 aromatic heterocycles. The largest absolute Gasteiger partial charge is 0.501 e. The molecule has 1 fully saturated rings. The van der Waals surface area contributed by atoms with Crippen molar-refractivity contribution in [3.8, 4) is 0 Å². The average molecular weight is 143 g/mol. The molecule has 2 aliphatic rings. The molecule has 0 spiro atoms. The number of aliphatic hydroxyl groups is 1. The molecule has 0 saturated carbocycles. The number of fused-ring (bicyclic) bond motifs is 1. The molecule has 0 bridgehead atoms. The van der Waals surface area contributed by atoms with E-state index in [0.717, 1.165) is 0 Å². The predicted molar refractivity (Wildman–Crippen MR) is 33.6 cm³/mol. The first-order valence-electron chi connectivity index (χ1n) is 2.66. The molecule has 1 amide bonds. The molecule has 1 saturated heterocycles. The van der Waals surface area contributed by atoms with Gasteiger partial charge in [-0.1, -0.05) is 11.8 Å². The number of β-lactam (4-membered cyclic amide) rings is 1. The first-order chi connectivity index (χ1) is 4.27. The standard InChI is InChI=1S/C5H5NO2S/c7-3-1-4-6(3)2-5(8)9-4/h2,4,8H,1H2/t4-/m1/s1. The van der Waals surface area contributed by atoms with Gasteiger partial charge in [0.2, 0.25) is 5.91 Å². The van der Waals surface area contributed by atoms with Crippen molar-refractivity contribution in [2.75, 3.05) is 0 Å². The third kappa shape index (κ3) is 0.564. The maximum absolute atomic E-state index is 10.6. The highest BCUT2D eigenvalue weighted by Gasteiger charge is 2.40. The molecule has 0 aromatic rings. The highest BCUT2D eigenvalue weighted by atomic mass is 32.2. The molecular formula is C5H5NO2S. The highest BCUT2D eigenvalue weighted by molar-refractivity contribution is 8.03. The van der Waals surface area contributed by atoms with E-state index in [1.807, 2.05) is 0 Å². The molecule has 4 heteroatoms. The van der Waals surface area contributed by atoms with Gasteiger partial charge in [-0.05, 0) is 0 Å². The molecule has 3 nitrogen and oxygen atoms in total. The van der Waals surface area contributed by atoms with Crippen molar-refractivity contribution in [3.05, 3.63) is 11.3 Å². The number of amides is 1. The lowest BCUT2D eigenvalue weighted by molar-refractivity contribution is -0.137. The van der Waals surface area contributed by atoms with Crippen molar-refractivity contribution in [3.63, 3.8) is 0 Å². The molecule has 0 radical (unpaired) electrons. The van der Waals surface area contributed by atoms with Gasteiger partial charge < -0.3 is 10.0 Å². The molecule has 2 aliphatic heterocycles. The Morgan fingerprint density at radius 3 is 3.11 bits per heavy atom. The Bertz CT molecular complexity index is 201. The van der Waals surface area contributed by atoms with Crippen LogP contribution in [0.2, 0.25) is 0 Å². The maximum Gasteiger partial charge on any atom is 0.230 e. The monoisotopic (exact) mass is 143 g/mol. The summed E-state index contributed by atoms with van der Waals surface area (Å²) >= 11 is 1.34. The van der Waals surface area contributed by atoms with Crippen molar-refractivity contribution < 1.29 is 9.90 Å². The van der Waals surface area contributed by atoms with Crippen molar-refractivity contribution in [1.29, 1.82) is 0 Å². The summed E-state index contributed by atoms with van der Waals surface area (Å²) in [6.07, 6.45) is 2.06. The number of rotatable bonds is 0. The van der Waals surface area contributed by atoms with E-state index < -0.39 is 0 Å². The number of thioether (sulfide) groups is 1.